The maximum atomic E-state index is 6.55. The normalized spacial score (nSPS) is 62.5. The van der Waals surface area contributed by atoms with E-state index in [0.717, 1.165) is 17.8 Å². The standard InChI is InChI=1S/C10H14Cl2/c11-9-8-2-6-1-7(3-8)5-10(9,12)4-6/h6-9H,1-5H2/t6-,7+,8?,9?,10?. The molecule has 0 radical (unpaired) electrons. The molecule has 0 amide bonds. The predicted octanol–water partition coefficient (Wildman–Crippen LogP) is 3.41. The molecule has 0 N–H and O–H groups in total. The summed E-state index contributed by atoms with van der Waals surface area (Å²) >= 11 is 12.9. The van der Waals surface area contributed by atoms with E-state index in [1.807, 2.05) is 0 Å². The van der Waals surface area contributed by atoms with Crippen LogP contribution in [0.15, 0.2) is 0 Å². The first kappa shape index (κ1) is 7.94. The average molecular weight is 205 g/mol. The van der Waals surface area contributed by atoms with Crippen molar-refractivity contribution in [2.24, 2.45) is 17.8 Å². The molecule has 0 aromatic heterocycles. The number of hydrogen-bond acceptors (Lipinski definition) is 0. The van der Waals surface area contributed by atoms with Crippen LogP contribution in [-0.4, -0.2) is 10.3 Å². The largest absolute Gasteiger partial charge is 0.121 e. The Labute approximate surface area is 83.6 Å². The van der Waals surface area contributed by atoms with Crippen LogP contribution < -0.4 is 0 Å². The summed E-state index contributed by atoms with van der Waals surface area (Å²) in [4.78, 5) is -0.00367. The minimum Gasteiger partial charge on any atom is -0.121 e. The summed E-state index contributed by atoms with van der Waals surface area (Å²) in [7, 11) is 0. The molecule has 0 spiro atoms. The minimum absolute atomic E-state index is 0.00367. The van der Waals surface area contributed by atoms with E-state index < -0.39 is 0 Å². The van der Waals surface area contributed by atoms with Crippen LogP contribution >= 0.6 is 23.2 Å². The maximum absolute atomic E-state index is 6.55. The zero-order valence-electron chi connectivity index (χ0n) is 7.10. The van der Waals surface area contributed by atoms with Crippen molar-refractivity contribution in [3.8, 4) is 0 Å². The number of rotatable bonds is 0. The van der Waals surface area contributed by atoms with Crippen molar-refractivity contribution in [3.05, 3.63) is 0 Å². The highest BCUT2D eigenvalue weighted by molar-refractivity contribution is 6.33. The van der Waals surface area contributed by atoms with Gasteiger partial charge < -0.3 is 0 Å². The summed E-state index contributed by atoms with van der Waals surface area (Å²) in [5, 5.41) is 0.270. The molecule has 0 heterocycles. The Balaban J connectivity index is 1.97. The Hall–Kier alpha value is 0.580. The molecule has 68 valence electrons. The molecule has 0 aliphatic heterocycles. The van der Waals surface area contributed by atoms with Crippen LogP contribution in [0.1, 0.15) is 32.1 Å². The quantitative estimate of drug-likeness (QED) is 0.531. The fraction of sp³-hybridized carbons (Fsp3) is 1.00. The van der Waals surface area contributed by atoms with E-state index in [2.05, 4.69) is 0 Å². The topological polar surface area (TPSA) is 0 Å². The third-order valence-corrected chi connectivity index (χ3v) is 5.53. The van der Waals surface area contributed by atoms with Crippen molar-refractivity contribution in [2.45, 2.75) is 42.4 Å². The van der Waals surface area contributed by atoms with Gasteiger partial charge in [0.2, 0.25) is 0 Å². The van der Waals surface area contributed by atoms with Gasteiger partial charge in [-0.15, -0.1) is 23.2 Å². The molecule has 4 rings (SSSR count). The molecule has 2 heteroatoms. The lowest BCUT2D eigenvalue weighted by molar-refractivity contribution is 0.0392. The molecule has 0 saturated heterocycles. The number of hydrogen-bond donors (Lipinski definition) is 0. The van der Waals surface area contributed by atoms with Gasteiger partial charge in [0.25, 0.3) is 0 Å². The van der Waals surface area contributed by atoms with Crippen LogP contribution in [0.5, 0.6) is 0 Å². The first-order valence-corrected chi connectivity index (χ1v) is 5.82. The number of alkyl halides is 2. The zero-order valence-corrected chi connectivity index (χ0v) is 8.61. The van der Waals surface area contributed by atoms with Crippen molar-refractivity contribution in [3.63, 3.8) is 0 Å². The van der Waals surface area contributed by atoms with Crippen molar-refractivity contribution in [1.82, 2.24) is 0 Å². The summed E-state index contributed by atoms with van der Waals surface area (Å²) in [6.07, 6.45) is 6.54. The van der Waals surface area contributed by atoms with Crippen molar-refractivity contribution in [1.29, 1.82) is 0 Å². The molecule has 0 nitrogen and oxygen atoms in total. The third kappa shape index (κ3) is 0.915. The Morgan fingerprint density at radius 2 is 1.58 bits per heavy atom. The van der Waals surface area contributed by atoms with Gasteiger partial charge in [-0.3, -0.25) is 0 Å². The summed E-state index contributed by atoms with van der Waals surface area (Å²) in [5.74, 6) is 2.57. The molecule has 0 aromatic carbocycles. The van der Waals surface area contributed by atoms with Gasteiger partial charge in [-0.2, -0.15) is 0 Å². The van der Waals surface area contributed by atoms with Gasteiger partial charge >= 0.3 is 0 Å². The lowest BCUT2D eigenvalue weighted by atomic mass is 9.55. The predicted molar refractivity (Wildman–Crippen MR) is 51.8 cm³/mol. The Kier molecular flexibility index (Phi) is 1.54. The van der Waals surface area contributed by atoms with E-state index in [1.54, 1.807) is 0 Å². The molecular formula is C10H14Cl2. The van der Waals surface area contributed by atoms with Crippen LogP contribution in [0.2, 0.25) is 0 Å². The fourth-order valence-electron chi connectivity index (χ4n) is 3.88. The molecule has 0 aromatic rings. The molecule has 12 heavy (non-hydrogen) atoms. The van der Waals surface area contributed by atoms with Gasteiger partial charge in [0.15, 0.2) is 0 Å². The number of halogens is 2. The van der Waals surface area contributed by atoms with Gasteiger partial charge in [-0.25, -0.2) is 0 Å². The molecule has 4 fully saturated rings. The Morgan fingerprint density at radius 1 is 1.00 bits per heavy atom. The van der Waals surface area contributed by atoms with Crippen LogP contribution in [-0.2, 0) is 0 Å². The van der Waals surface area contributed by atoms with Crippen LogP contribution in [0.4, 0.5) is 0 Å². The molecule has 4 aliphatic carbocycles. The van der Waals surface area contributed by atoms with Crippen LogP contribution in [0.3, 0.4) is 0 Å². The van der Waals surface area contributed by atoms with E-state index in [0.29, 0.717) is 0 Å². The lowest BCUT2D eigenvalue weighted by Crippen LogP contribution is -2.55. The first-order chi connectivity index (χ1) is 5.67. The van der Waals surface area contributed by atoms with Crippen molar-refractivity contribution < 1.29 is 0 Å². The molecule has 4 aliphatic rings. The van der Waals surface area contributed by atoms with Gasteiger partial charge in [-0.05, 0) is 49.9 Å². The van der Waals surface area contributed by atoms with E-state index in [-0.39, 0.29) is 10.3 Å². The van der Waals surface area contributed by atoms with E-state index >= 15 is 0 Å². The highest BCUT2D eigenvalue weighted by atomic mass is 35.5. The maximum Gasteiger partial charge on any atom is 0.0617 e. The SMILES string of the molecule is ClC1C2C[C@@H]3C[C@H](C2)CC1(Cl)C3. The second kappa shape index (κ2) is 2.33. The minimum atomic E-state index is -0.00367. The van der Waals surface area contributed by atoms with Crippen molar-refractivity contribution in [2.75, 3.05) is 0 Å². The van der Waals surface area contributed by atoms with Gasteiger partial charge in [0.05, 0.1) is 10.3 Å². The molecule has 3 unspecified atom stereocenters. The van der Waals surface area contributed by atoms with E-state index in [9.17, 15) is 0 Å². The summed E-state index contributed by atoms with van der Waals surface area (Å²) in [6.45, 7) is 0. The molecular weight excluding hydrogens is 191 g/mol. The summed E-state index contributed by atoms with van der Waals surface area (Å²) in [5.41, 5.74) is 0. The van der Waals surface area contributed by atoms with Gasteiger partial charge in [-0.1, -0.05) is 0 Å². The van der Waals surface area contributed by atoms with Crippen LogP contribution in [0.25, 0.3) is 0 Å². The highest BCUT2D eigenvalue weighted by Crippen LogP contribution is 2.59. The van der Waals surface area contributed by atoms with E-state index in [4.69, 9.17) is 23.2 Å². The smallest absolute Gasteiger partial charge is 0.0617 e. The summed E-state index contributed by atoms with van der Waals surface area (Å²) < 4.78 is 0. The summed E-state index contributed by atoms with van der Waals surface area (Å²) in [6, 6.07) is 0. The van der Waals surface area contributed by atoms with Crippen LogP contribution in [0, 0.1) is 17.8 Å². The zero-order chi connectivity index (χ0) is 8.34. The first-order valence-electron chi connectivity index (χ1n) is 5.00. The monoisotopic (exact) mass is 204 g/mol. The third-order valence-electron chi connectivity index (χ3n) is 4.10. The highest BCUT2D eigenvalue weighted by Gasteiger charge is 2.55. The molecule has 5 atom stereocenters. The molecule has 4 saturated carbocycles. The second-order valence-corrected chi connectivity index (χ2v) is 6.27. The second-order valence-electron chi connectivity index (χ2n) is 5.04. The van der Waals surface area contributed by atoms with Gasteiger partial charge in [0, 0.05) is 0 Å². The van der Waals surface area contributed by atoms with E-state index in [1.165, 1.54) is 32.1 Å². The Morgan fingerprint density at radius 3 is 2.08 bits per heavy atom. The van der Waals surface area contributed by atoms with Crippen molar-refractivity contribution >= 4 is 23.2 Å². The molecule has 4 bridgehead atoms. The fourth-order valence-corrected chi connectivity index (χ4v) is 4.88. The lowest BCUT2D eigenvalue weighted by Gasteiger charge is -2.56. The Bertz CT molecular complexity index is 200. The van der Waals surface area contributed by atoms with Gasteiger partial charge in [0.1, 0.15) is 0 Å². The average Bonchev–Trinajstić information content (AvgIpc) is 1.98.